The second-order valence-corrected chi connectivity index (χ2v) is 9.79. The molecule has 0 aromatic carbocycles. The van der Waals surface area contributed by atoms with Crippen LogP contribution in [0.3, 0.4) is 0 Å². The Bertz CT molecular complexity index is 990. The number of hydrogen-bond donors (Lipinski definition) is 2. The van der Waals surface area contributed by atoms with Crippen LogP contribution in [0.25, 0.3) is 5.70 Å². The highest BCUT2D eigenvalue weighted by Crippen LogP contribution is 2.29. The lowest BCUT2D eigenvalue weighted by Gasteiger charge is -2.22. The molecule has 7 nitrogen and oxygen atoms in total. The predicted molar refractivity (Wildman–Crippen MR) is 132 cm³/mol. The Morgan fingerprint density at radius 1 is 0.970 bits per heavy atom. The van der Waals surface area contributed by atoms with Gasteiger partial charge in [0.2, 0.25) is 0 Å². The number of aromatic nitrogens is 3. The van der Waals surface area contributed by atoms with Crippen molar-refractivity contribution in [2.24, 2.45) is 5.92 Å². The van der Waals surface area contributed by atoms with Gasteiger partial charge in [-0.1, -0.05) is 38.2 Å². The zero-order chi connectivity index (χ0) is 22.6. The molecule has 2 fully saturated rings. The molecule has 7 heteroatoms. The number of aryl methyl sites for hydroxylation is 2. The van der Waals surface area contributed by atoms with E-state index in [0.29, 0.717) is 0 Å². The first kappa shape index (κ1) is 22.1. The maximum absolute atomic E-state index is 5.00. The van der Waals surface area contributed by atoms with E-state index in [4.69, 9.17) is 9.97 Å². The molecule has 2 aliphatic heterocycles. The lowest BCUT2D eigenvalue weighted by Crippen LogP contribution is -2.34. The van der Waals surface area contributed by atoms with Gasteiger partial charge < -0.3 is 4.90 Å². The van der Waals surface area contributed by atoms with Gasteiger partial charge in [-0.15, -0.1) is 5.53 Å². The van der Waals surface area contributed by atoms with Crippen molar-refractivity contribution in [3.8, 4) is 0 Å². The van der Waals surface area contributed by atoms with Gasteiger partial charge in [-0.25, -0.2) is 9.97 Å². The number of rotatable bonds is 7. The maximum atomic E-state index is 5.00. The van der Waals surface area contributed by atoms with Crippen LogP contribution in [-0.2, 0) is 12.8 Å². The van der Waals surface area contributed by atoms with Gasteiger partial charge in [-0.05, 0) is 56.2 Å². The van der Waals surface area contributed by atoms with Crippen LogP contribution >= 0.6 is 0 Å². The van der Waals surface area contributed by atoms with Crippen LogP contribution in [0.2, 0.25) is 0 Å². The van der Waals surface area contributed by atoms with Gasteiger partial charge in [0.25, 0.3) is 0 Å². The van der Waals surface area contributed by atoms with Crippen molar-refractivity contribution in [3.05, 3.63) is 52.9 Å². The quantitative estimate of drug-likeness (QED) is 0.660. The monoisotopic (exact) mass is 447 g/mol. The number of pyridine rings is 1. The second-order valence-electron chi connectivity index (χ2n) is 9.79. The SMILES string of the molecule is Cc1nc(C2=C(CCc3nccc(N4CCCC4)n3)N(C)NN2)ccc1CC1CCCCC1. The summed E-state index contributed by atoms with van der Waals surface area (Å²) in [5, 5.41) is 2.05. The van der Waals surface area contributed by atoms with Crippen LogP contribution in [0.4, 0.5) is 5.82 Å². The first-order valence-electron chi connectivity index (χ1n) is 12.7. The Kier molecular flexibility index (Phi) is 6.76. The summed E-state index contributed by atoms with van der Waals surface area (Å²) in [5.74, 6) is 2.79. The molecule has 2 N–H and O–H groups in total. The molecule has 2 aromatic rings. The van der Waals surface area contributed by atoms with Gasteiger partial charge in [-0.2, -0.15) is 0 Å². The fraction of sp³-hybridized carbons (Fsp3) is 0.577. The minimum absolute atomic E-state index is 0.799. The summed E-state index contributed by atoms with van der Waals surface area (Å²) in [4.78, 5) is 16.7. The van der Waals surface area contributed by atoms with E-state index in [2.05, 4.69) is 39.9 Å². The Balaban J connectivity index is 1.29. The molecule has 0 amide bonds. The lowest BCUT2D eigenvalue weighted by molar-refractivity contribution is 0.298. The molecule has 5 rings (SSSR count). The first-order chi connectivity index (χ1) is 16.2. The summed E-state index contributed by atoms with van der Waals surface area (Å²) < 4.78 is 0. The summed E-state index contributed by atoms with van der Waals surface area (Å²) in [5.41, 5.74) is 12.4. The van der Waals surface area contributed by atoms with Crippen molar-refractivity contribution in [1.82, 2.24) is 30.9 Å². The summed E-state index contributed by atoms with van der Waals surface area (Å²) in [6.45, 7) is 4.36. The topological polar surface area (TPSA) is 69.2 Å². The van der Waals surface area contributed by atoms with Crippen molar-refractivity contribution < 1.29 is 0 Å². The number of hydrogen-bond acceptors (Lipinski definition) is 7. The van der Waals surface area contributed by atoms with Crippen LogP contribution in [0.5, 0.6) is 0 Å². The molecule has 3 aliphatic rings. The van der Waals surface area contributed by atoms with E-state index < -0.39 is 0 Å². The number of hydrazine groups is 2. The Hall–Kier alpha value is -2.67. The average Bonchev–Trinajstić information content (AvgIpc) is 3.50. The smallest absolute Gasteiger partial charge is 0.132 e. The van der Waals surface area contributed by atoms with E-state index in [1.807, 2.05) is 24.3 Å². The molecule has 4 heterocycles. The third-order valence-electron chi connectivity index (χ3n) is 7.43. The average molecular weight is 448 g/mol. The molecular formula is C26H37N7. The molecule has 176 valence electrons. The zero-order valence-electron chi connectivity index (χ0n) is 20.1. The van der Waals surface area contributed by atoms with Crippen molar-refractivity contribution in [1.29, 1.82) is 0 Å². The number of allylic oxidation sites excluding steroid dienone is 1. The summed E-state index contributed by atoms with van der Waals surface area (Å²) in [7, 11) is 2.04. The standard InChI is InChI=1S/C26H37N7/c1-19-21(18-20-8-4-3-5-9-20)10-11-22(28-19)26-23(32(2)31-30-26)12-13-24-27-15-14-25(29-24)33-16-6-7-17-33/h10-11,14-15,20,30-31H,3-9,12-13,16-18H2,1-2H3. The van der Waals surface area contributed by atoms with Crippen molar-refractivity contribution in [3.63, 3.8) is 0 Å². The molecule has 0 spiro atoms. The van der Waals surface area contributed by atoms with E-state index in [1.165, 1.54) is 62.6 Å². The summed E-state index contributed by atoms with van der Waals surface area (Å²) in [6, 6.07) is 6.50. The number of nitrogens with one attached hydrogen (secondary N) is 2. The van der Waals surface area contributed by atoms with Gasteiger partial charge in [0.1, 0.15) is 11.6 Å². The minimum Gasteiger partial charge on any atom is -0.357 e. The molecule has 0 unspecified atom stereocenters. The highest BCUT2D eigenvalue weighted by Gasteiger charge is 2.23. The highest BCUT2D eigenvalue weighted by atomic mass is 15.7. The van der Waals surface area contributed by atoms with Gasteiger partial charge in [-0.3, -0.25) is 15.4 Å². The van der Waals surface area contributed by atoms with Crippen LogP contribution < -0.4 is 15.9 Å². The second kappa shape index (κ2) is 10.1. The number of nitrogens with zero attached hydrogens (tertiary/aromatic N) is 5. The first-order valence-corrected chi connectivity index (χ1v) is 12.7. The third-order valence-corrected chi connectivity index (χ3v) is 7.43. The normalized spacial score (nSPS) is 19.5. The third kappa shape index (κ3) is 5.13. The molecule has 0 atom stereocenters. The fourth-order valence-corrected chi connectivity index (χ4v) is 5.46. The Labute approximate surface area is 197 Å². The lowest BCUT2D eigenvalue weighted by atomic mass is 9.84. The van der Waals surface area contributed by atoms with E-state index in [-0.39, 0.29) is 0 Å². The molecule has 33 heavy (non-hydrogen) atoms. The van der Waals surface area contributed by atoms with E-state index in [9.17, 15) is 0 Å². The summed E-state index contributed by atoms with van der Waals surface area (Å²) >= 11 is 0. The molecular weight excluding hydrogens is 410 g/mol. The van der Waals surface area contributed by atoms with Crippen molar-refractivity contribution >= 4 is 11.5 Å². The molecule has 0 radical (unpaired) electrons. The highest BCUT2D eigenvalue weighted by molar-refractivity contribution is 5.65. The summed E-state index contributed by atoms with van der Waals surface area (Å²) in [6.07, 6.45) is 14.1. The van der Waals surface area contributed by atoms with E-state index >= 15 is 0 Å². The molecule has 0 bridgehead atoms. The molecule has 1 saturated heterocycles. The van der Waals surface area contributed by atoms with E-state index in [1.54, 1.807) is 0 Å². The van der Waals surface area contributed by atoms with E-state index in [0.717, 1.165) is 60.6 Å². The zero-order valence-corrected chi connectivity index (χ0v) is 20.1. The fourth-order valence-electron chi connectivity index (χ4n) is 5.46. The van der Waals surface area contributed by atoms with Gasteiger partial charge >= 0.3 is 0 Å². The predicted octanol–water partition coefficient (Wildman–Crippen LogP) is 4.16. The van der Waals surface area contributed by atoms with Gasteiger partial charge in [0.15, 0.2) is 0 Å². The molecule has 2 aromatic heterocycles. The Morgan fingerprint density at radius 2 is 1.79 bits per heavy atom. The maximum Gasteiger partial charge on any atom is 0.132 e. The van der Waals surface area contributed by atoms with Gasteiger partial charge in [0.05, 0.1) is 17.1 Å². The van der Waals surface area contributed by atoms with Crippen LogP contribution in [0.15, 0.2) is 30.1 Å². The van der Waals surface area contributed by atoms with Crippen LogP contribution in [0, 0.1) is 12.8 Å². The number of anilines is 1. The minimum atomic E-state index is 0.799. The van der Waals surface area contributed by atoms with Crippen molar-refractivity contribution in [2.45, 2.75) is 71.1 Å². The van der Waals surface area contributed by atoms with Crippen LogP contribution in [0.1, 0.15) is 74.1 Å². The van der Waals surface area contributed by atoms with Crippen LogP contribution in [-0.4, -0.2) is 40.1 Å². The molecule has 1 aliphatic carbocycles. The van der Waals surface area contributed by atoms with Crippen molar-refractivity contribution in [2.75, 3.05) is 25.0 Å². The Morgan fingerprint density at radius 3 is 2.58 bits per heavy atom. The largest absolute Gasteiger partial charge is 0.357 e. The van der Waals surface area contributed by atoms with Gasteiger partial charge in [0, 0.05) is 38.4 Å². The molecule has 1 saturated carbocycles.